The van der Waals surface area contributed by atoms with Crippen LogP contribution in [0.15, 0.2) is 48.5 Å². The molecule has 1 saturated carbocycles. The zero-order valence-corrected chi connectivity index (χ0v) is 16.1. The largest absolute Gasteiger partial charge is 0.0654 e. The van der Waals surface area contributed by atoms with Crippen LogP contribution in [0.25, 0.3) is 11.1 Å². The molecular formula is C25H34. The molecule has 2 aromatic rings. The van der Waals surface area contributed by atoms with E-state index in [9.17, 15) is 0 Å². The summed E-state index contributed by atoms with van der Waals surface area (Å²) in [6, 6.07) is 18.5. The molecule has 1 aliphatic carbocycles. The fourth-order valence-corrected chi connectivity index (χ4v) is 4.38. The van der Waals surface area contributed by atoms with E-state index < -0.39 is 0 Å². The van der Waals surface area contributed by atoms with Crippen molar-refractivity contribution in [1.82, 2.24) is 0 Å². The first-order chi connectivity index (χ1) is 12.3. The molecule has 0 saturated heterocycles. The van der Waals surface area contributed by atoms with Gasteiger partial charge in [-0.25, -0.2) is 0 Å². The van der Waals surface area contributed by atoms with Gasteiger partial charge in [0, 0.05) is 0 Å². The van der Waals surface area contributed by atoms with E-state index in [4.69, 9.17) is 0 Å². The van der Waals surface area contributed by atoms with Gasteiger partial charge in [0.15, 0.2) is 0 Å². The summed E-state index contributed by atoms with van der Waals surface area (Å²) in [4.78, 5) is 0. The first kappa shape index (κ1) is 18.2. The molecule has 0 heterocycles. The summed E-state index contributed by atoms with van der Waals surface area (Å²) >= 11 is 0. The Morgan fingerprint density at radius 3 is 1.88 bits per heavy atom. The van der Waals surface area contributed by atoms with Gasteiger partial charge in [0.25, 0.3) is 0 Å². The minimum absolute atomic E-state index is 0.791. The number of benzene rings is 2. The number of unbranched alkanes of at least 4 members (excludes halogenated alkanes) is 1. The van der Waals surface area contributed by atoms with Gasteiger partial charge < -0.3 is 0 Å². The first-order valence-corrected chi connectivity index (χ1v) is 10.5. The Balaban J connectivity index is 1.59. The predicted molar refractivity (Wildman–Crippen MR) is 110 cm³/mol. The van der Waals surface area contributed by atoms with E-state index >= 15 is 0 Å². The lowest BCUT2D eigenvalue weighted by Gasteiger charge is -2.29. The van der Waals surface area contributed by atoms with E-state index in [-0.39, 0.29) is 0 Å². The molecule has 0 bridgehead atoms. The van der Waals surface area contributed by atoms with Gasteiger partial charge in [-0.3, -0.25) is 0 Å². The van der Waals surface area contributed by atoms with Gasteiger partial charge in [-0.05, 0) is 66.2 Å². The van der Waals surface area contributed by atoms with Gasteiger partial charge in [0.1, 0.15) is 0 Å². The fourth-order valence-electron chi connectivity index (χ4n) is 4.38. The quantitative estimate of drug-likeness (QED) is 0.485. The standard InChI is InChI=1S/C25H34/c1-3-5-7-21-10-14-23(15-11-21)25-18-16-24(17-19-25)22-12-8-20(6-4-2)9-13-22/h8-9,12-13,16-19,21,23H,3-7,10-11,14-15H2,1-2H3. The van der Waals surface area contributed by atoms with Crippen molar-refractivity contribution in [1.29, 1.82) is 0 Å². The zero-order valence-electron chi connectivity index (χ0n) is 16.1. The second kappa shape index (κ2) is 9.22. The third-order valence-electron chi connectivity index (χ3n) is 6.02. The predicted octanol–water partition coefficient (Wildman–Crippen LogP) is 7.77. The van der Waals surface area contributed by atoms with Gasteiger partial charge in [-0.1, -0.05) is 88.1 Å². The van der Waals surface area contributed by atoms with Crippen LogP contribution in [0.5, 0.6) is 0 Å². The second-order valence-corrected chi connectivity index (χ2v) is 7.93. The maximum atomic E-state index is 2.38. The molecule has 0 amide bonds. The highest BCUT2D eigenvalue weighted by atomic mass is 14.3. The maximum Gasteiger partial charge on any atom is -0.0162 e. The van der Waals surface area contributed by atoms with E-state index in [1.54, 1.807) is 5.56 Å². The number of rotatable bonds is 7. The Bertz CT molecular complexity index is 612. The molecular weight excluding hydrogens is 300 g/mol. The topological polar surface area (TPSA) is 0 Å². The van der Waals surface area contributed by atoms with E-state index in [0.717, 1.165) is 11.8 Å². The average molecular weight is 335 g/mol. The normalized spacial score (nSPS) is 20.6. The van der Waals surface area contributed by atoms with E-state index in [2.05, 4.69) is 62.4 Å². The smallest absolute Gasteiger partial charge is 0.0162 e. The van der Waals surface area contributed by atoms with Crippen LogP contribution in [0.4, 0.5) is 0 Å². The van der Waals surface area contributed by atoms with Crippen molar-refractivity contribution in [2.24, 2.45) is 5.92 Å². The lowest BCUT2D eigenvalue weighted by Crippen LogP contribution is -2.13. The zero-order chi connectivity index (χ0) is 17.5. The molecule has 25 heavy (non-hydrogen) atoms. The monoisotopic (exact) mass is 334 g/mol. The molecule has 0 nitrogen and oxygen atoms in total. The van der Waals surface area contributed by atoms with Crippen molar-refractivity contribution in [2.75, 3.05) is 0 Å². The summed E-state index contributed by atoms with van der Waals surface area (Å²) in [5.41, 5.74) is 5.70. The Labute approximate surface area is 154 Å². The van der Waals surface area contributed by atoms with Crippen molar-refractivity contribution in [3.05, 3.63) is 59.7 Å². The van der Waals surface area contributed by atoms with Gasteiger partial charge in [-0.2, -0.15) is 0 Å². The summed E-state index contributed by atoms with van der Waals surface area (Å²) in [5, 5.41) is 0. The summed E-state index contributed by atoms with van der Waals surface area (Å²) in [6.45, 7) is 4.55. The molecule has 3 rings (SSSR count). The van der Waals surface area contributed by atoms with Crippen LogP contribution in [-0.2, 0) is 6.42 Å². The number of hydrogen-bond donors (Lipinski definition) is 0. The fraction of sp³-hybridized carbons (Fsp3) is 0.520. The molecule has 0 spiro atoms. The third-order valence-corrected chi connectivity index (χ3v) is 6.02. The highest BCUT2D eigenvalue weighted by Crippen LogP contribution is 2.38. The van der Waals surface area contributed by atoms with Crippen LogP contribution in [0.2, 0.25) is 0 Å². The van der Waals surface area contributed by atoms with Crippen molar-refractivity contribution in [2.45, 2.75) is 77.6 Å². The van der Waals surface area contributed by atoms with Crippen LogP contribution in [0, 0.1) is 5.92 Å². The Hall–Kier alpha value is -1.56. The molecule has 0 atom stereocenters. The van der Waals surface area contributed by atoms with E-state index in [1.165, 1.54) is 74.5 Å². The van der Waals surface area contributed by atoms with Gasteiger partial charge in [-0.15, -0.1) is 0 Å². The first-order valence-electron chi connectivity index (χ1n) is 10.5. The lowest BCUT2D eigenvalue weighted by atomic mass is 9.77. The summed E-state index contributed by atoms with van der Waals surface area (Å²) in [5.74, 6) is 1.79. The average Bonchev–Trinajstić information content (AvgIpc) is 2.68. The molecule has 0 N–H and O–H groups in total. The molecule has 1 aliphatic rings. The van der Waals surface area contributed by atoms with E-state index in [1.807, 2.05) is 0 Å². The minimum Gasteiger partial charge on any atom is -0.0654 e. The van der Waals surface area contributed by atoms with E-state index in [0.29, 0.717) is 0 Å². The molecule has 2 aromatic carbocycles. The number of hydrogen-bond acceptors (Lipinski definition) is 0. The molecule has 0 aliphatic heterocycles. The SMILES string of the molecule is CCCCC1CCC(c2ccc(-c3ccc(CCC)cc3)cc2)CC1. The molecule has 0 unspecified atom stereocenters. The summed E-state index contributed by atoms with van der Waals surface area (Å²) in [7, 11) is 0. The van der Waals surface area contributed by atoms with Crippen LogP contribution >= 0.6 is 0 Å². The molecule has 1 fully saturated rings. The van der Waals surface area contributed by atoms with Crippen molar-refractivity contribution < 1.29 is 0 Å². The Morgan fingerprint density at radius 2 is 1.32 bits per heavy atom. The van der Waals surface area contributed by atoms with Crippen LogP contribution in [-0.4, -0.2) is 0 Å². The van der Waals surface area contributed by atoms with Gasteiger partial charge in [0.2, 0.25) is 0 Å². The third kappa shape index (κ3) is 4.97. The van der Waals surface area contributed by atoms with Crippen LogP contribution < -0.4 is 0 Å². The molecule has 0 radical (unpaired) electrons. The Kier molecular flexibility index (Phi) is 6.73. The van der Waals surface area contributed by atoms with Gasteiger partial charge in [0.05, 0.1) is 0 Å². The second-order valence-electron chi connectivity index (χ2n) is 7.93. The van der Waals surface area contributed by atoms with Crippen LogP contribution in [0.3, 0.4) is 0 Å². The Morgan fingerprint density at radius 1 is 0.720 bits per heavy atom. The summed E-state index contributed by atoms with van der Waals surface area (Å²) < 4.78 is 0. The number of aryl methyl sites for hydroxylation is 1. The molecule has 134 valence electrons. The van der Waals surface area contributed by atoms with Crippen molar-refractivity contribution in [3.8, 4) is 11.1 Å². The molecule has 0 aromatic heterocycles. The highest BCUT2D eigenvalue weighted by molar-refractivity contribution is 5.64. The van der Waals surface area contributed by atoms with Gasteiger partial charge >= 0.3 is 0 Å². The minimum atomic E-state index is 0.791. The van der Waals surface area contributed by atoms with Crippen molar-refractivity contribution in [3.63, 3.8) is 0 Å². The summed E-state index contributed by atoms with van der Waals surface area (Å²) in [6.07, 6.45) is 12.3. The lowest BCUT2D eigenvalue weighted by molar-refractivity contribution is 0.304. The highest BCUT2D eigenvalue weighted by Gasteiger charge is 2.21. The molecule has 0 heteroatoms. The maximum absolute atomic E-state index is 2.38. The van der Waals surface area contributed by atoms with Crippen LogP contribution in [0.1, 0.15) is 82.3 Å². The van der Waals surface area contributed by atoms with Crippen molar-refractivity contribution >= 4 is 0 Å².